The van der Waals surface area contributed by atoms with Gasteiger partial charge < -0.3 is 14.8 Å². The van der Waals surface area contributed by atoms with Crippen LogP contribution in [0.5, 0.6) is 11.5 Å². The van der Waals surface area contributed by atoms with Gasteiger partial charge in [-0.3, -0.25) is 4.79 Å². The van der Waals surface area contributed by atoms with Crippen LogP contribution in [-0.4, -0.2) is 44.4 Å². The van der Waals surface area contributed by atoms with Gasteiger partial charge in [-0.25, -0.2) is 8.42 Å². The molecular formula is C22H28N2O5S. The van der Waals surface area contributed by atoms with Gasteiger partial charge in [0, 0.05) is 17.8 Å². The minimum atomic E-state index is -3.57. The zero-order valence-electron chi connectivity index (χ0n) is 17.5. The van der Waals surface area contributed by atoms with Crippen molar-refractivity contribution in [2.75, 3.05) is 19.0 Å². The van der Waals surface area contributed by atoms with Crippen LogP contribution < -0.4 is 14.8 Å². The number of hydrogen-bond acceptors (Lipinski definition) is 5. The van der Waals surface area contributed by atoms with Crippen LogP contribution in [0.4, 0.5) is 5.69 Å². The number of ether oxygens (including phenoxy) is 2. The highest BCUT2D eigenvalue weighted by atomic mass is 32.2. The molecule has 1 amide bonds. The molecule has 0 aliphatic carbocycles. The fraction of sp³-hybridized carbons (Fsp3) is 0.409. The van der Waals surface area contributed by atoms with E-state index in [-0.39, 0.29) is 29.5 Å². The predicted octanol–water partition coefficient (Wildman–Crippen LogP) is 3.66. The van der Waals surface area contributed by atoms with Crippen LogP contribution >= 0.6 is 0 Å². The summed E-state index contributed by atoms with van der Waals surface area (Å²) in [5.41, 5.74) is 0.511. The van der Waals surface area contributed by atoms with Gasteiger partial charge in [-0.1, -0.05) is 6.42 Å². The molecule has 0 radical (unpaired) electrons. The van der Waals surface area contributed by atoms with Crippen molar-refractivity contribution in [3.05, 3.63) is 48.5 Å². The average molecular weight is 433 g/mol. The normalized spacial score (nSPS) is 19.8. The molecule has 0 bridgehead atoms. The van der Waals surface area contributed by atoms with E-state index in [1.165, 1.54) is 12.1 Å². The molecule has 2 unspecified atom stereocenters. The highest BCUT2D eigenvalue weighted by Crippen LogP contribution is 2.30. The standard InChI is InChI=1S/C22H28N2O5S/c1-16-5-4-6-17(2)24(16)30(26,27)21-13-7-18(8-14-21)23-22(25)15-29-20-11-9-19(28-3)10-12-20/h7-14,16-17H,4-6,15H2,1-3H3,(H,23,25). The number of nitrogens with zero attached hydrogens (tertiary/aromatic N) is 1. The Morgan fingerprint density at radius 3 is 2.13 bits per heavy atom. The van der Waals surface area contributed by atoms with Gasteiger partial charge >= 0.3 is 0 Å². The maximum absolute atomic E-state index is 13.1. The summed E-state index contributed by atoms with van der Waals surface area (Å²) in [4.78, 5) is 12.4. The molecule has 0 spiro atoms. The molecule has 1 saturated heterocycles. The van der Waals surface area contributed by atoms with Crippen molar-refractivity contribution in [1.29, 1.82) is 0 Å². The number of methoxy groups -OCH3 is 1. The maximum atomic E-state index is 13.1. The SMILES string of the molecule is COc1ccc(OCC(=O)Nc2ccc(S(=O)(=O)N3C(C)CCCC3C)cc2)cc1. The van der Waals surface area contributed by atoms with E-state index in [4.69, 9.17) is 9.47 Å². The fourth-order valence-corrected chi connectivity index (χ4v) is 5.60. The third kappa shape index (κ3) is 5.12. The van der Waals surface area contributed by atoms with Crippen molar-refractivity contribution < 1.29 is 22.7 Å². The van der Waals surface area contributed by atoms with E-state index in [1.54, 1.807) is 47.8 Å². The summed E-state index contributed by atoms with van der Waals surface area (Å²) in [6.07, 6.45) is 2.77. The Morgan fingerprint density at radius 1 is 1.00 bits per heavy atom. The highest BCUT2D eigenvalue weighted by Gasteiger charge is 2.35. The third-order valence-electron chi connectivity index (χ3n) is 5.26. The summed E-state index contributed by atoms with van der Waals surface area (Å²) < 4.78 is 38.2. The van der Waals surface area contributed by atoms with E-state index in [0.717, 1.165) is 19.3 Å². The van der Waals surface area contributed by atoms with Crippen LogP contribution in [0.1, 0.15) is 33.1 Å². The Morgan fingerprint density at radius 2 is 1.57 bits per heavy atom. The van der Waals surface area contributed by atoms with Gasteiger partial charge in [-0.2, -0.15) is 4.31 Å². The fourth-order valence-electron chi connectivity index (χ4n) is 3.72. The van der Waals surface area contributed by atoms with Gasteiger partial charge in [-0.15, -0.1) is 0 Å². The minimum absolute atomic E-state index is 0.0202. The molecule has 1 aliphatic rings. The van der Waals surface area contributed by atoms with Crippen LogP contribution in [0, 0.1) is 0 Å². The second kappa shape index (κ2) is 9.49. The lowest BCUT2D eigenvalue weighted by Crippen LogP contribution is -2.47. The smallest absolute Gasteiger partial charge is 0.262 e. The lowest BCUT2D eigenvalue weighted by atomic mass is 10.0. The third-order valence-corrected chi connectivity index (χ3v) is 7.40. The van der Waals surface area contributed by atoms with Gasteiger partial charge in [0.05, 0.1) is 12.0 Å². The zero-order valence-corrected chi connectivity index (χ0v) is 18.3. The van der Waals surface area contributed by atoms with E-state index in [0.29, 0.717) is 17.2 Å². The Bertz CT molecular complexity index is 948. The van der Waals surface area contributed by atoms with Crippen molar-refractivity contribution in [2.24, 2.45) is 0 Å². The average Bonchev–Trinajstić information content (AvgIpc) is 2.73. The number of hydrogen-bond donors (Lipinski definition) is 1. The van der Waals surface area contributed by atoms with Crippen LogP contribution in [-0.2, 0) is 14.8 Å². The maximum Gasteiger partial charge on any atom is 0.262 e. The summed E-state index contributed by atoms with van der Waals surface area (Å²) >= 11 is 0. The van der Waals surface area contributed by atoms with Crippen LogP contribution in [0.15, 0.2) is 53.4 Å². The molecule has 1 fully saturated rings. The number of piperidine rings is 1. The Hall–Kier alpha value is -2.58. The number of nitrogens with one attached hydrogen (secondary N) is 1. The Kier molecular flexibility index (Phi) is 6.99. The number of anilines is 1. The first-order valence-corrected chi connectivity index (χ1v) is 11.5. The van der Waals surface area contributed by atoms with Crippen molar-refractivity contribution in [3.8, 4) is 11.5 Å². The van der Waals surface area contributed by atoms with Gasteiger partial charge in [0.15, 0.2) is 6.61 Å². The van der Waals surface area contributed by atoms with E-state index >= 15 is 0 Å². The highest BCUT2D eigenvalue weighted by molar-refractivity contribution is 7.89. The number of carbonyl (C=O) groups excluding carboxylic acids is 1. The Balaban J connectivity index is 1.60. The first kappa shape index (κ1) is 22.1. The number of sulfonamides is 1. The lowest BCUT2D eigenvalue weighted by Gasteiger charge is -2.37. The predicted molar refractivity (Wildman–Crippen MR) is 115 cm³/mol. The van der Waals surface area contributed by atoms with Gasteiger partial charge in [0.1, 0.15) is 11.5 Å². The molecule has 0 aromatic heterocycles. The van der Waals surface area contributed by atoms with E-state index in [2.05, 4.69) is 5.32 Å². The summed E-state index contributed by atoms with van der Waals surface area (Å²) in [6.45, 7) is 3.74. The molecule has 1 aliphatic heterocycles. The molecule has 1 N–H and O–H groups in total. The number of benzene rings is 2. The molecule has 0 saturated carbocycles. The van der Waals surface area contributed by atoms with Gasteiger partial charge in [-0.05, 0) is 75.2 Å². The minimum Gasteiger partial charge on any atom is -0.497 e. The summed E-state index contributed by atoms with van der Waals surface area (Å²) in [6, 6.07) is 13.1. The van der Waals surface area contributed by atoms with Crippen LogP contribution in [0.25, 0.3) is 0 Å². The van der Waals surface area contributed by atoms with Gasteiger partial charge in [0.25, 0.3) is 5.91 Å². The lowest BCUT2D eigenvalue weighted by molar-refractivity contribution is -0.118. The summed E-state index contributed by atoms with van der Waals surface area (Å²) in [7, 11) is -2.00. The van der Waals surface area contributed by atoms with Crippen LogP contribution in [0.2, 0.25) is 0 Å². The quantitative estimate of drug-likeness (QED) is 0.722. The number of rotatable bonds is 7. The molecular weight excluding hydrogens is 404 g/mol. The van der Waals surface area contributed by atoms with Crippen molar-refractivity contribution in [1.82, 2.24) is 4.31 Å². The molecule has 30 heavy (non-hydrogen) atoms. The molecule has 162 valence electrons. The van der Waals surface area contributed by atoms with Crippen LogP contribution in [0.3, 0.4) is 0 Å². The molecule has 8 heteroatoms. The number of amides is 1. The first-order valence-electron chi connectivity index (χ1n) is 10.0. The second-order valence-electron chi connectivity index (χ2n) is 7.50. The summed E-state index contributed by atoms with van der Waals surface area (Å²) in [5.74, 6) is 0.923. The molecule has 3 rings (SSSR count). The van der Waals surface area contributed by atoms with E-state index < -0.39 is 10.0 Å². The van der Waals surface area contributed by atoms with E-state index in [9.17, 15) is 13.2 Å². The van der Waals surface area contributed by atoms with E-state index in [1.807, 2.05) is 13.8 Å². The monoisotopic (exact) mass is 432 g/mol. The van der Waals surface area contributed by atoms with Crippen molar-refractivity contribution in [2.45, 2.75) is 50.1 Å². The Labute approximate surface area is 178 Å². The zero-order chi connectivity index (χ0) is 21.7. The molecule has 7 nitrogen and oxygen atoms in total. The molecule has 2 aromatic carbocycles. The number of carbonyl (C=O) groups is 1. The summed E-state index contributed by atoms with van der Waals surface area (Å²) in [5, 5.41) is 2.71. The first-order chi connectivity index (χ1) is 14.3. The molecule has 1 heterocycles. The largest absolute Gasteiger partial charge is 0.497 e. The van der Waals surface area contributed by atoms with Crippen molar-refractivity contribution in [3.63, 3.8) is 0 Å². The molecule has 2 aromatic rings. The second-order valence-corrected chi connectivity index (χ2v) is 9.34. The topological polar surface area (TPSA) is 84.9 Å². The molecule has 2 atom stereocenters. The van der Waals surface area contributed by atoms with Gasteiger partial charge in [0.2, 0.25) is 10.0 Å². The van der Waals surface area contributed by atoms with Crippen molar-refractivity contribution >= 4 is 21.6 Å².